The van der Waals surface area contributed by atoms with Gasteiger partial charge in [-0.15, -0.1) is 11.3 Å². The van der Waals surface area contributed by atoms with Crippen molar-refractivity contribution in [1.82, 2.24) is 9.13 Å². The lowest BCUT2D eigenvalue weighted by Gasteiger charge is -1.99. The molecule has 0 unspecified atom stereocenters. The molecule has 2 heterocycles. The first kappa shape index (κ1) is 11.5. The fourth-order valence-electron chi connectivity index (χ4n) is 1.31. The van der Waals surface area contributed by atoms with E-state index in [1.807, 2.05) is 18.6 Å². The molecule has 2 aromatic rings. The van der Waals surface area contributed by atoms with Crippen LogP contribution in [0.25, 0.3) is 0 Å². The van der Waals surface area contributed by atoms with E-state index in [0.717, 1.165) is 0 Å². The summed E-state index contributed by atoms with van der Waals surface area (Å²) < 4.78 is 3.09. The molecule has 0 saturated carbocycles. The molecule has 0 aliphatic carbocycles. The molecule has 0 aliphatic rings. The third kappa shape index (κ3) is 2.79. The zero-order valence-corrected chi connectivity index (χ0v) is 10.1. The average Bonchev–Trinajstić information content (AvgIpc) is 2.68. The van der Waals surface area contributed by atoms with Gasteiger partial charge in [0.1, 0.15) is 6.54 Å². The predicted molar refractivity (Wildman–Crippen MR) is 64.6 cm³/mol. The smallest absolute Gasteiger partial charge is 0.268 e. The number of thiazole rings is 1. The van der Waals surface area contributed by atoms with Crippen molar-refractivity contribution >= 4 is 17.2 Å². The Morgan fingerprint density at radius 3 is 2.88 bits per heavy atom. The highest BCUT2D eigenvalue weighted by Crippen LogP contribution is 1.89. The van der Waals surface area contributed by atoms with E-state index in [4.69, 9.17) is 0 Å². The van der Waals surface area contributed by atoms with Gasteiger partial charge in [-0.1, -0.05) is 6.07 Å². The first-order valence-corrected chi connectivity index (χ1v) is 5.88. The number of hydrogen-bond acceptors (Lipinski definition) is 3. The number of aromatic nitrogens is 2. The summed E-state index contributed by atoms with van der Waals surface area (Å²) in [4.78, 5) is 27.6. The fraction of sp³-hybridized carbons (Fsp3) is 0.182. The van der Waals surface area contributed by atoms with Crippen LogP contribution in [0.4, 0.5) is 0 Å². The lowest BCUT2D eigenvalue weighted by molar-refractivity contribution is -0.118. The Balaban J connectivity index is 2.22. The molecule has 0 spiro atoms. The highest BCUT2D eigenvalue weighted by molar-refractivity contribution is 7.07. The summed E-state index contributed by atoms with van der Waals surface area (Å²) in [6.45, 7) is -0.0302. The monoisotopic (exact) mass is 249 g/mol. The number of aryl methyl sites for hydroxylation is 1. The molecule has 0 fully saturated rings. The maximum Gasteiger partial charge on any atom is 0.268 e. The van der Waals surface area contributed by atoms with Gasteiger partial charge >= 0.3 is 0 Å². The van der Waals surface area contributed by atoms with E-state index in [1.165, 1.54) is 22.0 Å². The summed E-state index contributed by atoms with van der Waals surface area (Å²) in [5.74, 6) is -0.337. The number of nitrogens with zero attached hydrogens (tertiary/aromatic N) is 3. The molecule has 5 nitrogen and oxygen atoms in total. The number of pyridine rings is 1. The number of carbonyl (C=O) groups excluding carboxylic acids is 1. The molecule has 6 heteroatoms. The second kappa shape index (κ2) is 4.92. The van der Waals surface area contributed by atoms with Crippen LogP contribution in [0.2, 0.25) is 0 Å². The van der Waals surface area contributed by atoms with Crippen molar-refractivity contribution in [3.05, 3.63) is 51.1 Å². The van der Waals surface area contributed by atoms with Crippen LogP contribution in [0, 0.1) is 0 Å². The molecule has 17 heavy (non-hydrogen) atoms. The zero-order chi connectivity index (χ0) is 12.3. The summed E-state index contributed by atoms with van der Waals surface area (Å²) in [7, 11) is 1.82. The van der Waals surface area contributed by atoms with E-state index in [9.17, 15) is 9.59 Å². The van der Waals surface area contributed by atoms with Crippen LogP contribution in [0.1, 0.15) is 0 Å². The Morgan fingerprint density at radius 2 is 2.24 bits per heavy atom. The largest absolute Gasteiger partial charge is 0.327 e. The molecular formula is C11H11N3O2S. The first-order chi connectivity index (χ1) is 8.16. The number of rotatable bonds is 2. The molecule has 0 atom stereocenters. The van der Waals surface area contributed by atoms with Crippen molar-refractivity contribution in [3.8, 4) is 0 Å². The number of amides is 1. The second-order valence-electron chi connectivity index (χ2n) is 3.47. The molecule has 0 aromatic carbocycles. The molecule has 2 aromatic heterocycles. The average molecular weight is 249 g/mol. The maximum absolute atomic E-state index is 11.7. The van der Waals surface area contributed by atoms with Gasteiger partial charge in [-0.25, -0.2) is 0 Å². The van der Waals surface area contributed by atoms with E-state index < -0.39 is 0 Å². The van der Waals surface area contributed by atoms with Crippen LogP contribution in [-0.2, 0) is 18.4 Å². The van der Waals surface area contributed by atoms with Crippen molar-refractivity contribution in [2.45, 2.75) is 6.54 Å². The van der Waals surface area contributed by atoms with Gasteiger partial charge in [-0.05, 0) is 6.07 Å². The molecule has 0 radical (unpaired) electrons. The molecule has 1 amide bonds. The van der Waals surface area contributed by atoms with Gasteiger partial charge in [0, 0.05) is 30.9 Å². The molecular weight excluding hydrogens is 238 g/mol. The van der Waals surface area contributed by atoms with Crippen molar-refractivity contribution in [1.29, 1.82) is 0 Å². The van der Waals surface area contributed by atoms with Crippen molar-refractivity contribution < 1.29 is 4.79 Å². The summed E-state index contributed by atoms with van der Waals surface area (Å²) in [6.07, 6.45) is 3.40. The molecule has 0 aliphatic heterocycles. The van der Waals surface area contributed by atoms with Gasteiger partial charge in [0.15, 0.2) is 4.80 Å². The Labute approximate surface area is 101 Å². The topological polar surface area (TPSA) is 56.4 Å². The first-order valence-electron chi connectivity index (χ1n) is 5.00. The Bertz CT molecular complexity index is 651. The van der Waals surface area contributed by atoms with E-state index in [-0.39, 0.29) is 18.0 Å². The number of hydrogen-bond donors (Lipinski definition) is 0. The standard InChI is InChI=1S/C11H11N3O2S/c1-13-6-7-17-11(13)12-9(15)8-14-5-3-2-4-10(14)16/h2-7H,8H2,1H3. The minimum Gasteiger partial charge on any atom is -0.327 e. The third-order valence-electron chi connectivity index (χ3n) is 2.18. The van der Waals surface area contributed by atoms with Crippen molar-refractivity contribution in [2.24, 2.45) is 12.0 Å². The minimum absolute atomic E-state index is 0.0302. The summed E-state index contributed by atoms with van der Waals surface area (Å²) in [6, 6.07) is 4.76. The quantitative estimate of drug-likeness (QED) is 0.772. The van der Waals surface area contributed by atoms with E-state index >= 15 is 0 Å². The second-order valence-corrected chi connectivity index (χ2v) is 4.34. The van der Waals surface area contributed by atoms with E-state index in [0.29, 0.717) is 4.80 Å². The molecule has 88 valence electrons. The van der Waals surface area contributed by atoms with Crippen LogP contribution in [0.15, 0.2) is 45.8 Å². The Hall–Kier alpha value is -1.95. The van der Waals surface area contributed by atoms with E-state index in [2.05, 4.69) is 4.99 Å². The predicted octanol–water partition coefficient (Wildman–Crippen LogP) is 0.376. The van der Waals surface area contributed by atoms with Crippen LogP contribution in [0.5, 0.6) is 0 Å². The molecule has 0 N–H and O–H groups in total. The maximum atomic E-state index is 11.7. The molecule has 2 rings (SSSR count). The van der Waals surface area contributed by atoms with Gasteiger partial charge in [0.2, 0.25) is 0 Å². The van der Waals surface area contributed by atoms with Crippen LogP contribution >= 0.6 is 11.3 Å². The summed E-state index contributed by atoms with van der Waals surface area (Å²) in [5, 5.41) is 1.85. The Morgan fingerprint density at radius 1 is 1.41 bits per heavy atom. The molecule has 0 bridgehead atoms. The lowest BCUT2D eigenvalue weighted by atomic mass is 10.4. The van der Waals surface area contributed by atoms with Gasteiger partial charge in [-0.3, -0.25) is 9.59 Å². The van der Waals surface area contributed by atoms with Crippen molar-refractivity contribution in [3.63, 3.8) is 0 Å². The van der Waals surface area contributed by atoms with Crippen molar-refractivity contribution in [2.75, 3.05) is 0 Å². The van der Waals surface area contributed by atoms with Gasteiger partial charge in [-0.2, -0.15) is 4.99 Å². The van der Waals surface area contributed by atoms with Gasteiger partial charge < -0.3 is 9.13 Å². The normalized spacial score (nSPS) is 11.7. The molecule has 0 saturated heterocycles. The number of carbonyl (C=O) groups is 1. The third-order valence-corrected chi connectivity index (χ3v) is 3.03. The van der Waals surface area contributed by atoms with Gasteiger partial charge in [0.05, 0.1) is 0 Å². The van der Waals surface area contributed by atoms with Crippen LogP contribution in [0.3, 0.4) is 0 Å². The zero-order valence-electron chi connectivity index (χ0n) is 9.24. The fourth-order valence-corrected chi connectivity index (χ4v) is 2.06. The minimum atomic E-state index is -0.337. The summed E-state index contributed by atoms with van der Waals surface area (Å²) in [5.41, 5.74) is -0.202. The highest BCUT2D eigenvalue weighted by Gasteiger charge is 2.02. The van der Waals surface area contributed by atoms with Crippen LogP contribution < -0.4 is 10.4 Å². The summed E-state index contributed by atoms with van der Waals surface area (Å²) >= 11 is 1.38. The van der Waals surface area contributed by atoms with Gasteiger partial charge in [0.25, 0.3) is 11.5 Å². The SMILES string of the molecule is Cn1ccsc1=NC(=O)Cn1ccccc1=O. The Kier molecular flexibility index (Phi) is 3.34. The highest BCUT2D eigenvalue weighted by atomic mass is 32.1. The van der Waals surface area contributed by atoms with E-state index in [1.54, 1.807) is 22.9 Å². The van der Waals surface area contributed by atoms with Crippen LogP contribution in [-0.4, -0.2) is 15.0 Å². The lowest BCUT2D eigenvalue weighted by Crippen LogP contribution is -2.23.